The molecular weight excluding hydrogens is 228 g/mol. The standard InChI is InChI=1S/C13H16N4O/c1-17-13(15-12(16-17)8-3-4-8)9-5-6-11(18-2)10(14)7-9/h5-8H,3-4,14H2,1-2H3. The number of hydrogen-bond acceptors (Lipinski definition) is 4. The third kappa shape index (κ3) is 1.81. The smallest absolute Gasteiger partial charge is 0.158 e. The van der Waals surface area contributed by atoms with Crippen molar-refractivity contribution in [1.29, 1.82) is 0 Å². The number of rotatable bonds is 3. The van der Waals surface area contributed by atoms with Crippen LogP contribution in [0.15, 0.2) is 18.2 Å². The quantitative estimate of drug-likeness (QED) is 0.838. The van der Waals surface area contributed by atoms with Crippen LogP contribution in [0.5, 0.6) is 5.75 Å². The minimum absolute atomic E-state index is 0.556. The van der Waals surface area contributed by atoms with Crippen LogP contribution in [0.2, 0.25) is 0 Å². The predicted molar refractivity (Wildman–Crippen MR) is 69.4 cm³/mol. The molecule has 0 amide bonds. The molecule has 1 aromatic carbocycles. The van der Waals surface area contributed by atoms with Crippen LogP contribution in [0, 0.1) is 0 Å². The van der Waals surface area contributed by atoms with Crippen molar-refractivity contribution in [1.82, 2.24) is 14.8 Å². The van der Waals surface area contributed by atoms with E-state index in [1.54, 1.807) is 7.11 Å². The largest absolute Gasteiger partial charge is 0.495 e. The topological polar surface area (TPSA) is 66.0 Å². The molecule has 1 aliphatic rings. The highest BCUT2D eigenvalue weighted by Gasteiger charge is 2.28. The summed E-state index contributed by atoms with van der Waals surface area (Å²) in [5.41, 5.74) is 7.50. The number of aryl methyl sites for hydroxylation is 1. The molecule has 18 heavy (non-hydrogen) atoms. The van der Waals surface area contributed by atoms with Crippen LogP contribution in [-0.4, -0.2) is 21.9 Å². The molecule has 94 valence electrons. The van der Waals surface area contributed by atoms with Crippen molar-refractivity contribution >= 4 is 5.69 Å². The van der Waals surface area contributed by atoms with Gasteiger partial charge in [-0.05, 0) is 31.0 Å². The Morgan fingerprint density at radius 2 is 2.17 bits per heavy atom. The van der Waals surface area contributed by atoms with E-state index < -0.39 is 0 Å². The molecular formula is C13H16N4O. The molecule has 0 saturated heterocycles. The number of ether oxygens (including phenoxy) is 1. The molecule has 0 bridgehead atoms. The van der Waals surface area contributed by atoms with E-state index in [0.717, 1.165) is 17.2 Å². The van der Waals surface area contributed by atoms with Crippen molar-refractivity contribution in [3.8, 4) is 17.1 Å². The summed E-state index contributed by atoms with van der Waals surface area (Å²) in [6, 6.07) is 5.69. The van der Waals surface area contributed by atoms with E-state index in [4.69, 9.17) is 10.5 Å². The fourth-order valence-electron chi connectivity index (χ4n) is 2.04. The first kappa shape index (κ1) is 11.1. The van der Waals surface area contributed by atoms with Gasteiger partial charge >= 0.3 is 0 Å². The molecule has 3 rings (SSSR count). The molecule has 0 aliphatic heterocycles. The molecule has 0 atom stereocenters. The number of nitrogen functional groups attached to an aromatic ring is 1. The Labute approximate surface area is 106 Å². The molecule has 5 heteroatoms. The van der Waals surface area contributed by atoms with Gasteiger partial charge in [-0.25, -0.2) is 9.67 Å². The molecule has 1 saturated carbocycles. The van der Waals surface area contributed by atoms with Crippen molar-refractivity contribution < 1.29 is 4.74 Å². The number of nitrogens with zero attached hydrogens (tertiary/aromatic N) is 3. The van der Waals surface area contributed by atoms with Gasteiger partial charge in [0.05, 0.1) is 12.8 Å². The van der Waals surface area contributed by atoms with E-state index >= 15 is 0 Å². The van der Waals surface area contributed by atoms with Crippen molar-refractivity contribution in [2.45, 2.75) is 18.8 Å². The van der Waals surface area contributed by atoms with Crippen LogP contribution in [0.1, 0.15) is 24.6 Å². The number of aromatic nitrogens is 3. The van der Waals surface area contributed by atoms with Gasteiger partial charge in [0, 0.05) is 18.5 Å². The predicted octanol–water partition coefficient (Wildman–Crippen LogP) is 1.95. The van der Waals surface area contributed by atoms with Crippen LogP contribution >= 0.6 is 0 Å². The zero-order chi connectivity index (χ0) is 12.7. The second-order valence-electron chi connectivity index (χ2n) is 4.65. The molecule has 1 fully saturated rings. The number of methoxy groups -OCH3 is 1. The molecule has 0 radical (unpaired) electrons. The Bertz CT molecular complexity index is 587. The number of anilines is 1. The minimum Gasteiger partial charge on any atom is -0.495 e. The second-order valence-corrected chi connectivity index (χ2v) is 4.65. The van der Waals surface area contributed by atoms with Gasteiger partial charge in [-0.15, -0.1) is 0 Å². The Balaban J connectivity index is 2.00. The molecule has 1 aliphatic carbocycles. The lowest BCUT2D eigenvalue weighted by atomic mass is 10.2. The van der Waals surface area contributed by atoms with Gasteiger partial charge in [0.2, 0.25) is 0 Å². The van der Waals surface area contributed by atoms with Gasteiger partial charge in [0.15, 0.2) is 11.6 Å². The Kier molecular flexibility index (Phi) is 2.47. The monoisotopic (exact) mass is 244 g/mol. The third-order valence-corrected chi connectivity index (χ3v) is 3.21. The molecule has 2 N–H and O–H groups in total. The highest BCUT2D eigenvalue weighted by atomic mass is 16.5. The highest BCUT2D eigenvalue weighted by molar-refractivity contribution is 5.66. The van der Waals surface area contributed by atoms with Crippen molar-refractivity contribution in [3.05, 3.63) is 24.0 Å². The normalized spacial score (nSPS) is 14.8. The van der Waals surface area contributed by atoms with Crippen LogP contribution < -0.4 is 10.5 Å². The van der Waals surface area contributed by atoms with E-state index in [1.165, 1.54) is 12.8 Å². The summed E-state index contributed by atoms with van der Waals surface area (Å²) in [4.78, 5) is 4.59. The summed E-state index contributed by atoms with van der Waals surface area (Å²) in [5.74, 6) is 3.04. The molecule has 5 nitrogen and oxygen atoms in total. The zero-order valence-electron chi connectivity index (χ0n) is 10.6. The maximum Gasteiger partial charge on any atom is 0.158 e. The first-order valence-corrected chi connectivity index (χ1v) is 6.04. The van der Waals surface area contributed by atoms with Crippen molar-refractivity contribution in [2.75, 3.05) is 12.8 Å². The SMILES string of the molecule is COc1ccc(-c2nc(C3CC3)nn2C)cc1N. The molecule has 1 aromatic heterocycles. The van der Waals surface area contributed by atoms with Gasteiger partial charge in [-0.1, -0.05) is 0 Å². The first-order valence-electron chi connectivity index (χ1n) is 6.04. The summed E-state index contributed by atoms with van der Waals surface area (Å²) >= 11 is 0. The van der Waals surface area contributed by atoms with Gasteiger partial charge < -0.3 is 10.5 Å². The van der Waals surface area contributed by atoms with Crippen LogP contribution in [0.4, 0.5) is 5.69 Å². The van der Waals surface area contributed by atoms with Crippen LogP contribution in [-0.2, 0) is 7.05 Å². The maximum absolute atomic E-state index is 5.92. The van der Waals surface area contributed by atoms with E-state index in [1.807, 2.05) is 29.9 Å². The average Bonchev–Trinajstić information content (AvgIpc) is 3.13. The average molecular weight is 244 g/mol. The lowest BCUT2D eigenvalue weighted by molar-refractivity contribution is 0.417. The summed E-state index contributed by atoms with van der Waals surface area (Å²) < 4.78 is 6.97. The molecule has 2 aromatic rings. The Morgan fingerprint density at radius 1 is 1.39 bits per heavy atom. The number of nitrogens with two attached hydrogens (primary N) is 1. The summed E-state index contributed by atoms with van der Waals surface area (Å²) in [5, 5.41) is 4.45. The van der Waals surface area contributed by atoms with E-state index in [-0.39, 0.29) is 0 Å². The minimum atomic E-state index is 0.556. The summed E-state index contributed by atoms with van der Waals surface area (Å²) in [6.07, 6.45) is 2.41. The van der Waals surface area contributed by atoms with Gasteiger partial charge in [-0.3, -0.25) is 0 Å². The third-order valence-electron chi connectivity index (χ3n) is 3.21. The maximum atomic E-state index is 5.92. The molecule has 0 spiro atoms. The van der Waals surface area contributed by atoms with Gasteiger partial charge in [-0.2, -0.15) is 5.10 Å². The Hall–Kier alpha value is -2.04. The lowest BCUT2D eigenvalue weighted by Crippen LogP contribution is -1.97. The molecule has 1 heterocycles. The van der Waals surface area contributed by atoms with E-state index in [9.17, 15) is 0 Å². The fourth-order valence-corrected chi connectivity index (χ4v) is 2.04. The Morgan fingerprint density at radius 3 is 2.78 bits per heavy atom. The summed E-state index contributed by atoms with van der Waals surface area (Å²) in [6.45, 7) is 0. The number of benzene rings is 1. The fraction of sp³-hybridized carbons (Fsp3) is 0.385. The molecule has 0 unspecified atom stereocenters. The van der Waals surface area contributed by atoms with Gasteiger partial charge in [0.1, 0.15) is 5.75 Å². The highest BCUT2D eigenvalue weighted by Crippen LogP contribution is 2.39. The van der Waals surface area contributed by atoms with E-state index in [0.29, 0.717) is 17.4 Å². The second kappa shape index (κ2) is 4.01. The number of hydrogen-bond donors (Lipinski definition) is 1. The van der Waals surface area contributed by atoms with Crippen LogP contribution in [0.25, 0.3) is 11.4 Å². The van der Waals surface area contributed by atoms with Crippen LogP contribution in [0.3, 0.4) is 0 Å². The van der Waals surface area contributed by atoms with Crippen molar-refractivity contribution in [2.24, 2.45) is 7.05 Å². The zero-order valence-corrected chi connectivity index (χ0v) is 10.6. The first-order chi connectivity index (χ1) is 8.69. The lowest BCUT2D eigenvalue weighted by Gasteiger charge is -2.06. The van der Waals surface area contributed by atoms with E-state index in [2.05, 4.69) is 10.1 Å². The van der Waals surface area contributed by atoms with Crippen molar-refractivity contribution in [3.63, 3.8) is 0 Å². The van der Waals surface area contributed by atoms with Gasteiger partial charge in [0.25, 0.3) is 0 Å². The summed E-state index contributed by atoms with van der Waals surface area (Å²) in [7, 11) is 3.52.